The molecular formula is C16H29ClN4O3. The maximum atomic E-state index is 12.8. The van der Waals surface area contributed by atoms with Crippen LogP contribution in [0.2, 0.25) is 0 Å². The Bertz CT molecular complexity index is 461. The molecule has 0 saturated carbocycles. The van der Waals surface area contributed by atoms with Crippen LogP contribution in [0.25, 0.3) is 0 Å². The van der Waals surface area contributed by atoms with Crippen LogP contribution < -0.4 is 11.1 Å². The average Bonchev–Trinajstić information content (AvgIpc) is 2.94. The molecule has 0 radical (unpaired) electrons. The molecule has 0 aromatic heterocycles. The van der Waals surface area contributed by atoms with Crippen LogP contribution in [0.1, 0.15) is 39.0 Å². The smallest absolute Gasteiger partial charge is 0.228 e. The lowest BCUT2D eigenvalue weighted by Gasteiger charge is -2.37. The highest BCUT2D eigenvalue weighted by molar-refractivity contribution is 5.89. The van der Waals surface area contributed by atoms with Gasteiger partial charge in [-0.05, 0) is 26.2 Å². The van der Waals surface area contributed by atoms with Crippen LogP contribution in [0.5, 0.6) is 0 Å². The van der Waals surface area contributed by atoms with E-state index < -0.39 is 0 Å². The van der Waals surface area contributed by atoms with E-state index in [1.807, 2.05) is 11.8 Å². The highest BCUT2D eigenvalue weighted by atomic mass is 35.5. The molecule has 7 nitrogen and oxygen atoms in total. The van der Waals surface area contributed by atoms with Crippen molar-refractivity contribution in [3.63, 3.8) is 0 Å². The maximum absolute atomic E-state index is 12.8. The van der Waals surface area contributed by atoms with Crippen molar-refractivity contribution in [2.45, 2.75) is 45.1 Å². The second-order valence-electron chi connectivity index (χ2n) is 6.36. The molecule has 2 rings (SSSR count). The van der Waals surface area contributed by atoms with Crippen molar-refractivity contribution in [1.29, 1.82) is 0 Å². The molecule has 138 valence electrons. The molecular weight excluding hydrogens is 332 g/mol. The van der Waals surface area contributed by atoms with Crippen molar-refractivity contribution in [3.8, 4) is 0 Å². The Hall–Kier alpha value is -1.34. The third-order valence-electron chi connectivity index (χ3n) is 4.76. The summed E-state index contributed by atoms with van der Waals surface area (Å²) in [5.41, 5.74) is 5.37. The Balaban J connectivity index is 0.00000288. The van der Waals surface area contributed by atoms with Gasteiger partial charge in [0.2, 0.25) is 17.7 Å². The predicted molar refractivity (Wildman–Crippen MR) is 93.6 cm³/mol. The van der Waals surface area contributed by atoms with Crippen LogP contribution in [0.4, 0.5) is 0 Å². The molecule has 2 saturated heterocycles. The lowest BCUT2D eigenvalue weighted by atomic mass is 9.98. The fourth-order valence-electron chi connectivity index (χ4n) is 3.43. The highest BCUT2D eigenvalue weighted by Gasteiger charge is 2.38. The molecule has 0 aromatic carbocycles. The number of amides is 3. The van der Waals surface area contributed by atoms with E-state index in [0.717, 1.165) is 19.3 Å². The Morgan fingerprint density at radius 1 is 1.33 bits per heavy atom. The molecule has 2 fully saturated rings. The molecule has 2 aliphatic rings. The number of carbonyl (C=O) groups excluding carboxylic acids is 3. The first kappa shape index (κ1) is 20.7. The molecule has 2 unspecified atom stereocenters. The van der Waals surface area contributed by atoms with Gasteiger partial charge in [-0.15, -0.1) is 12.4 Å². The molecule has 2 atom stereocenters. The normalized spacial score (nSPS) is 23.8. The van der Waals surface area contributed by atoms with Gasteiger partial charge in [0.15, 0.2) is 0 Å². The van der Waals surface area contributed by atoms with Crippen molar-refractivity contribution in [1.82, 2.24) is 15.1 Å². The predicted octanol–water partition coefficient (Wildman–Crippen LogP) is 0.123. The van der Waals surface area contributed by atoms with Crippen molar-refractivity contribution in [2.24, 2.45) is 11.7 Å². The van der Waals surface area contributed by atoms with Gasteiger partial charge in [0.25, 0.3) is 0 Å². The van der Waals surface area contributed by atoms with Crippen molar-refractivity contribution < 1.29 is 14.4 Å². The topological polar surface area (TPSA) is 95.7 Å². The number of nitrogens with zero attached hydrogens (tertiary/aromatic N) is 2. The molecule has 8 heteroatoms. The van der Waals surface area contributed by atoms with Crippen molar-refractivity contribution in [2.75, 3.05) is 32.7 Å². The molecule has 0 spiro atoms. The zero-order valence-corrected chi connectivity index (χ0v) is 15.1. The Labute approximate surface area is 149 Å². The summed E-state index contributed by atoms with van der Waals surface area (Å²) in [4.78, 5) is 39.9. The van der Waals surface area contributed by atoms with Gasteiger partial charge in [-0.25, -0.2) is 0 Å². The first-order chi connectivity index (χ1) is 11.1. The summed E-state index contributed by atoms with van der Waals surface area (Å²) in [5.74, 6) is -0.177. The monoisotopic (exact) mass is 360 g/mol. The van der Waals surface area contributed by atoms with E-state index in [2.05, 4.69) is 5.32 Å². The Morgan fingerprint density at radius 2 is 2.08 bits per heavy atom. The molecule has 2 heterocycles. The quantitative estimate of drug-likeness (QED) is 0.703. The SMILES string of the molecule is CCN1CC(C(=O)N2CCCCC2CNC(=O)CCN)CC1=O.Cl. The molecule has 0 bridgehead atoms. The number of likely N-dealkylation sites (tertiary alicyclic amines) is 2. The molecule has 24 heavy (non-hydrogen) atoms. The van der Waals surface area contributed by atoms with Crippen LogP contribution >= 0.6 is 12.4 Å². The minimum absolute atomic E-state index is 0. The highest BCUT2D eigenvalue weighted by Crippen LogP contribution is 2.24. The zero-order valence-electron chi connectivity index (χ0n) is 14.3. The largest absolute Gasteiger partial charge is 0.354 e. The van der Waals surface area contributed by atoms with Gasteiger partial charge in [0.1, 0.15) is 0 Å². The summed E-state index contributed by atoms with van der Waals surface area (Å²) in [6.07, 6.45) is 3.56. The van der Waals surface area contributed by atoms with Crippen LogP contribution in [-0.2, 0) is 14.4 Å². The fraction of sp³-hybridized carbons (Fsp3) is 0.812. The van der Waals surface area contributed by atoms with E-state index in [1.54, 1.807) is 4.90 Å². The maximum Gasteiger partial charge on any atom is 0.228 e. The number of carbonyl (C=O) groups is 3. The van der Waals surface area contributed by atoms with Gasteiger partial charge < -0.3 is 20.9 Å². The number of hydrogen-bond acceptors (Lipinski definition) is 4. The number of halogens is 1. The molecule has 0 aliphatic carbocycles. The Kier molecular flexibility index (Phi) is 8.48. The third-order valence-corrected chi connectivity index (χ3v) is 4.76. The standard InChI is InChI=1S/C16H28N4O3.ClH/c1-2-19-11-12(9-15(19)22)16(23)20-8-4-3-5-13(20)10-18-14(21)6-7-17;/h12-13H,2-11,17H2,1H3,(H,18,21);1H. The van der Waals surface area contributed by atoms with Crippen LogP contribution in [0, 0.1) is 5.92 Å². The van der Waals surface area contributed by atoms with E-state index in [9.17, 15) is 14.4 Å². The lowest BCUT2D eigenvalue weighted by Crippen LogP contribution is -2.51. The van der Waals surface area contributed by atoms with E-state index in [1.165, 1.54) is 0 Å². The number of piperidine rings is 1. The van der Waals surface area contributed by atoms with E-state index >= 15 is 0 Å². The van der Waals surface area contributed by atoms with Gasteiger partial charge in [0, 0.05) is 51.6 Å². The van der Waals surface area contributed by atoms with Crippen LogP contribution in [0.3, 0.4) is 0 Å². The van der Waals surface area contributed by atoms with Gasteiger partial charge in [-0.3, -0.25) is 14.4 Å². The van der Waals surface area contributed by atoms with Gasteiger partial charge >= 0.3 is 0 Å². The minimum Gasteiger partial charge on any atom is -0.354 e. The van der Waals surface area contributed by atoms with E-state index in [4.69, 9.17) is 5.73 Å². The first-order valence-electron chi connectivity index (χ1n) is 8.61. The van der Waals surface area contributed by atoms with Crippen molar-refractivity contribution in [3.05, 3.63) is 0 Å². The van der Waals surface area contributed by atoms with Crippen LogP contribution in [-0.4, -0.2) is 66.3 Å². The van der Waals surface area contributed by atoms with Crippen molar-refractivity contribution >= 4 is 30.1 Å². The number of rotatable bonds is 6. The number of nitrogens with two attached hydrogens (primary N) is 1. The third kappa shape index (κ3) is 5.08. The summed E-state index contributed by atoms with van der Waals surface area (Å²) in [6, 6.07) is 0.0313. The lowest BCUT2D eigenvalue weighted by molar-refractivity contribution is -0.139. The minimum atomic E-state index is -0.234. The zero-order chi connectivity index (χ0) is 16.8. The second kappa shape index (κ2) is 9.84. The van der Waals surface area contributed by atoms with Gasteiger partial charge in [0.05, 0.1) is 5.92 Å². The summed E-state index contributed by atoms with van der Waals surface area (Å²) in [6.45, 7) is 4.63. The number of hydrogen-bond donors (Lipinski definition) is 2. The summed E-state index contributed by atoms with van der Waals surface area (Å²) >= 11 is 0. The van der Waals surface area contributed by atoms with Gasteiger partial charge in [-0.1, -0.05) is 0 Å². The van der Waals surface area contributed by atoms with E-state index in [-0.39, 0.29) is 42.1 Å². The second-order valence-corrected chi connectivity index (χ2v) is 6.36. The first-order valence-corrected chi connectivity index (χ1v) is 8.61. The molecule has 3 N–H and O–H groups in total. The molecule has 3 amide bonds. The average molecular weight is 361 g/mol. The van der Waals surface area contributed by atoms with Gasteiger partial charge in [-0.2, -0.15) is 0 Å². The molecule has 2 aliphatic heterocycles. The summed E-state index contributed by atoms with van der Waals surface area (Å²) in [7, 11) is 0. The summed E-state index contributed by atoms with van der Waals surface area (Å²) < 4.78 is 0. The van der Waals surface area contributed by atoms with Crippen LogP contribution in [0.15, 0.2) is 0 Å². The number of nitrogens with one attached hydrogen (secondary N) is 1. The Morgan fingerprint density at radius 3 is 2.71 bits per heavy atom. The molecule has 0 aromatic rings. The fourth-order valence-corrected chi connectivity index (χ4v) is 3.43. The summed E-state index contributed by atoms with van der Waals surface area (Å²) in [5, 5.41) is 2.87. The van der Waals surface area contributed by atoms with E-state index in [0.29, 0.717) is 45.6 Å².